The van der Waals surface area contributed by atoms with Crippen molar-refractivity contribution in [1.82, 2.24) is 20.4 Å². The highest BCUT2D eigenvalue weighted by Crippen LogP contribution is 2.34. The van der Waals surface area contributed by atoms with Crippen LogP contribution in [0.1, 0.15) is 42.5 Å². The van der Waals surface area contributed by atoms with Crippen molar-refractivity contribution in [2.75, 3.05) is 13.2 Å². The molecule has 3 heterocycles. The molecule has 2 aliphatic heterocycles. The third-order valence-electron chi connectivity index (χ3n) is 7.04. The van der Waals surface area contributed by atoms with Crippen molar-refractivity contribution in [2.45, 2.75) is 55.7 Å². The van der Waals surface area contributed by atoms with Crippen LogP contribution < -0.4 is 5.32 Å². The number of amides is 2. The van der Waals surface area contributed by atoms with E-state index in [-0.39, 0.29) is 36.7 Å². The molecule has 174 valence electrons. The van der Waals surface area contributed by atoms with E-state index < -0.39 is 23.6 Å². The first-order valence-corrected chi connectivity index (χ1v) is 12.0. The van der Waals surface area contributed by atoms with Gasteiger partial charge in [0.2, 0.25) is 5.91 Å². The molecule has 1 unspecified atom stereocenters. The average Bonchev–Trinajstić information content (AvgIpc) is 3.58. The third kappa shape index (κ3) is 4.29. The first-order chi connectivity index (χ1) is 16.0. The second-order valence-corrected chi connectivity index (χ2v) is 9.67. The highest BCUT2D eigenvalue weighted by Gasteiger charge is 2.53. The van der Waals surface area contributed by atoms with Crippen LogP contribution in [0.5, 0.6) is 0 Å². The minimum absolute atomic E-state index is 0.0242. The van der Waals surface area contributed by atoms with Crippen LogP contribution in [0.15, 0.2) is 36.7 Å². The summed E-state index contributed by atoms with van der Waals surface area (Å²) >= 11 is 6.41. The lowest BCUT2D eigenvalue weighted by Gasteiger charge is -2.34. The first-order valence-electron chi connectivity index (χ1n) is 11.5. The van der Waals surface area contributed by atoms with E-state index in [2.05, 4.69) is 15.5 Å². The number of ether oxygens (including phenoxy) is 1. The average molecular weight is 471 g/mol. The number of rotatable bonds is 5. The number of Topliss-reactive ketones (excluding diaryl/α,β-unsaturated/α-hetero) is 1. The standard InChI is InChI=1S/C24H27ClN4O4/c25-18-12-29(21-19(30)13-33-22(18)21)24(32)20(14-5-2-1-3-6-14)28-23(31)16-8-4-7-15(9-16)17-10-26-27-11-17/h4,7-11,14,18,20-22H,1-3,5-6,12-13H2,(H,26,27)(H,28,31)/t18-,20?,21+,22+/m0/s1. The van der Waals surface area contributed by atoms with Crippen LogP contribution in [-0.2, 0) is 14.3 Å². The summed E-state index contributed by atoms with van der Waals surface area (Å²) < 4.78 is 5.54. The Labute approximate surface area is 197 Å². The SMILES string of the molecule is O=C(NC(C(=O)N1C[C@H](Cl)[C@H]2OCC(=O)[C@H]21)C1CCCCC1)c1cccc(-c2cn[nH]c2)c1. The van der Waals surface area contributed by atoms with Crippen LogP contribution in [0.4, 0.5) is 0 Å². The van der Waals surface area contributed by atoms with Gasteiger partial charge in [0.05, 0.1) is 11.6 Å². The topological polar surface area (TPSA) is 104 Å². The summed E-state index contributed by atoms with van der Waals surface area (Å²) in [5.74, 6) is -0.648. The summed E-state index contributed by atoms with van der Waals surface area (Å²) in [5.41, 5.74) is 2.20. The summed E-state index contributed by atoms with van der Waals surface area (Å²) in [6, 6.07) is 5.88. The number of aromatic amines is 1. The zero-order valence-corrected chi connectivity index (χ0v) is 19.0. The number of ketones is 1. The van der Waals surface area contributed by atoms with Gasteiger partial charge in [-0.05, 0) is 36.5 Å². The molecular formula is C24H27ClN4O4. The second kappa shape index (κ2) is 9.27. The molecule has 9 heteroatoms. The molecule has 0 spiro atoms. The fourth-order valence-electron chi connectivity index (χ4n) is 5.32. The van der Waals surface area contributed by atoms with Gasteiger partial charge in [0.25, 0.3) is 5.91 Å². The van der Waals surface area contributed by atoms with Gasteiger partial charge in [-0.3, -0.25) is 19.5 Å². The smallest absolute Gasteiger partial charge is 0.251 e. The van der Waals surface area contributed by atoms with Crippen LogP contribution >= 0.6 is 11.6 Å². The fraction of sp³-hybridized carbons (Fsp3) is 0.500. The van der Waals surface area contributed by atoms with Crippen molar-refractivity contribution in [3.63, 3.8) is 0 Å². The normalized spacial score (nSPS) is 26.3. The molecule has 1 aromatic heterocycles. The molecule has 2 amide bonds. The monoisotopic (exact) mass is 470 g/mol. The lowest BCUT2D eigenvalue weighted by molar-refractivity contribution is -0.139. The number of carbonyl (C=O) groups is 3. The maximum absolute atomic E-state index is 13.7. The number of aromatic nitrogens is 2. The van der Waals surface area contributed by atoms with Gasteiger partial charge in [0, 0.05) is 23.9 Å². The molecule has 2 aromatic rings. The largest absolute Gasteiger partial charge is 0.366 e. The Morgan fingerprint density at radius 2 is 2.03 bits per heavy atom. The third-order valence-corrected chi connectivity index (χ3v) is 7.42. The van der Waals surface area contributed by atoms with E-state index in [1.165, 1.54) is 0 Å². The van der Waals surface area contributed by atoms with E-state index in [4.69, 9.17) is 16.3 Å². The van der Waals surface area contributed by atoms with Crippen molar-refractivity contribution in [3.8, 4) is 11.1 Å². The predicted molar refractivity (Wildman–Crippen MR) is 122 cm³/mol. The van der Waals surface area contributed by atoms with E-state index in [0.717, 1.165) is 43.2 Å². The molecule has 2 N–H and O–H groups in total. The Morgan fingerprint density at radius 3 is 2.79 bits per heavy atom. The van der Waals surface area contributed by atoms with Gasteiger partial charge < -0.3 is 15.0 Å². The van der Waals surface area contributed by atoms with Gasteiger partial charge in [0.15, 0.2) is 5.78 Å². The number of nitrogens with one attached hydrogen (secondary N) is 2. The van der Waals surface area contributed by atoms with Gasteiger partial charge in [-0.1, -0.05) is 31.4 Å². The number of halogens is 1. The van der Waals surface area contributed by atoms with Gasteiger partial charge >= 0.3 is 0 Å². The van der Waals surface area contributed by atoms with Gasteiger partial charge in [0.1, 0.15) is 24.8 Å². The van der Waals surface area contributed by atoms with Crippen LogP contribution in [0.3, 0.4) is 0 Å². The highest BCUT2D eigenvalue weighted by molar-refractivity contribution is 6.22. The Bertz CT molecular complexity index is 1040. The van der Waals surface area contributed by atoms with Crippen LogP contribution in [0, 0.1) is 5.92 Å². The Kier molecular flexibility index (Phi) is 6.21. The number of H-pyrrole nitrogens is 1. The molecule has 1 saturated carbocycles. The van der Waals surface area contributed by atoms with Crippen molar-refractivity contribution < 1.29 is 19.1 Å². The highest BCUT2D eigenvalue weighted by atomic mass is 35.5. The predicted octanol–water partition coefficient (Wildman–Crippen LogP) is 2.54. The summed E-state index contributed by atoms with van der Waals surface area (Å²) in [5, 5.41) is 9.32. The summed E-state index contributed by atoms with van der Waals surface area (Å²) in [6.45, 7) is 0.222. The lowest BCUT2D eigenvalue weighted by Crippen LogP contribution is -2.55. The molecule has 3 aliphatic rings. The molecule has 8 nitrogen and oxygen atoms in total. The van der Waals surface area contributed by atoms with E-state index >= 15 is 0 Å². The van der Waals surface area contributed by atoms with Gasteiger partial charge in [-0.2, -0.15) is 5.10 Å². The van der Waals surface area contributed by atoms with Gasteiger partial charge in [-0.25, -0.2) is 0 Å². The lowest BCUT2D eigenvalue weighted by atomic mass is 9.83. The van der Waals surface area contributed by atoms with E-state index in [1.807, 2.05) is 12.1 Å². The maximum atomic E-state index is 13.7. The molecule has 1 aromatic carbocycles. The maximum Gasteiger partial charge on any atom is 0.251 e. The molecule has 1 aliphatic carbocycles. The first kappa shape index (κ1) is 22.1. The number of fused-ring (bicyclic) bond motifs is 1. The minimum Gasteiger partial charge on any atom is -0.366 e. The zero-order chi connectivity index (χ0) is 22.9. The van der Waals surface area contributed by atoms with Crippen molar-refractivity contribution >= 4 is 29.2 Å². The number of hydrogen-bond donors (Lipinski definition) is 2. The van der Waals surface area contributed by atoms with Crippen LogP contribution in [0.2, 0.25) is 0 Å². The number of benzene rings is 1. The molecule has 0 bridgehead atoms. The molecule has 4 atom stereocenters. The summed E-state index contributed by atoms with van der Waals surface area (Å²) in [7, 11) is 0. The van der Waals surface area contributed by atoms with Crippen LogP contribution in [0.25, 0.3) is 11.1 Å². The van der Waals surface area contributed by atoms with E-state index in [0.29, 0.717) is 5.56 Å². The number of alkyl halides is 1. The Balaban J connectivity index is 1.39. The Hall–Kier alpha value is -2.71. The number of nitrogens with zero attached hydrogens (tertiary/aromatic N) is 2. The number of likely N-dealkylation sites (tertiary alicyclic amines) is 1. The fourth-order valence-corrected chi connectivity index (χ4v) is 5.68. The molecular weight excluding hydrogens is 444 g/mol. The second-order valence-electron chi connectivity index (χ2n) is 9.11. The van der Waals surface area contributed by atoms with Crippen LogP contribution in [-0.4, -0.2) is 69.4 Å². The molecule has 5 rings (SSSR count). The number of carbonyl (C=O) groups excluding carboxylic acids is 3. The molecule has 3 fully saturated rings. The van der Waals surface area contributed by atoms with Crippen molar-refractivity contribution in [3.05, 3.63) is 42.2 Å². The molecule has 0 radical (unpaired) electrons. The van der Waals surface area contributed by atoms with Gasteiger partial charge in [-0.15, -0.1) is 11.6 Å². The summed E-state index contributed by atoms with van der Waals surface area (Å²) in [4.78, 5) is 41.0. The van der Waals surface area contributed by atoms with Crippen molar-refractivity contribution in [2.24, 2.45) is 5.92 Å². The summed E-state index contributed by atoms with van der Waals surface area (Å²) in [6.07, 6.45) is 7.88. The zero-order valence-electron chi connectivity index (χ0n) is 18.2. The minimum atomic E-state index is -0.702. The van der Waals surface area contributed by atoms with Crippen molar-refractivity contribution in [1.29, 1.82) is 0 Å². The molecule has 33 heavy (non-hydrogen) atoms. The van der Waals surface area contributed by atoms with E-state index in [9.17, 15) is 14.4 Å². The Morgan fingerprint density at radius 1 is 1.21 bits per heavy atom. The van der Waals surface area contributed by atoms with E-state index in [1.54, 1.807) is 29.4 Å². The number of hydrogen-bond acceptors (Lipinski definition) is 5. The quantitative estimate of drug-likeness (QED) is 0.653. The molecule has 2 saturated heterocycles.